The summed E-state index contributed by atoms with van der Waals surface area (Å²) in [5.74, 6) is 0.732. The molecule has 1 aliphatic rings. The van der Waals surface area contributed by atoms with E-state index in [1.54, 1.807) is 11.3 Å². The lowest BCUT2D eigenvalue weighted by Crippen LogP contribution is -2.40. The monoisotopic (exact) mass is 237 g/mol. The molecule has 1 saturated carbocycles. The number of hydrogen-bond donors (Lipinski definition) is 1. The van der Waals surface area contributed by atoms with Gasteiger partial charge in [-0.1, -0.05) is 19.8 Å². The molecule has 1 fully saturated rings. The number of aryl methyl sites for hydroxylation is 1. The highest BCUT2D eigenvalue weighted by Gasteiger charge is 2.23. The van der Waals surface area contributed by atoms with Crippen LogP contribution in [0.15, 0.2) is 12.1 Å². The number of carbonyl (C=O) groups is 1. The van der Waals surface area contributed by atoms with E-state index in [-0.39, 0.29) is 5.91 Å². The van der Waals surface area contributed by atoms with E-state index in [0.29, 0.717) is 12.0 Å². The fourth-order valence-electron chi connectivity index (χ4n) is 2.33. The lowest BCUT2D eigenvalue weighted by molar-refractivity contribution is 0.0914. The van der Waals surface area contributed by atoms with Gasteiger partial charge in [0.1, 0.15) is 0 Å². The van der Waals surface area contributed by atoms with Crippen molar-refractivity contribution in [3.8, 4) is 0 Å². The van der Waals surface area contributed by atoms with Gasteiger partial charge in [-0.2, -0.15) is 0 Å². The van der Waals surface area contributed by atoms with Crippen LogP contribution in [0.4, 0.5) is 0 Å². The summed E-state index contributed by atoms with van der Waals surface area (Å²) in [6.45, 7) is 4.27. The number of amides is 1. The van der Waals surface area contributed by atoms with Crippen LogP contribution >= 0.6 is 11.3 Å². The smallest absolute Gasteiger partial charge is 0.261 e. The van der Waals surface area contributed by atoms with Gasteiger partial charge in [-0.3, -0.25) is 4.79 Å². The van der Waals surface area contributed by atoms with Gasteiger partial charge >= 0.3 is 0 Å². The van der Waals surface area contributed by atoms with Crippen LogP contribution < -0.4 is 5.32 Å². The molecule has 2 atom stereocenters. The first kappa shape index (κ1) is 11.6. The van der Waals surface area contributed by atoms with E-state index in [0.717, 1.165) is 11.3 Å². The van der Waals surface area contributed by atoms with Crippen molar-refractivity contribution in [1.82, 2.24) is 5.32 Å². The SMILES string of the molecule is Cc1ccc(C(=O)NC2CCCCC2C)s1. The minimum Gasteiger partial charge on any atom is -0.348 e. The van der Waals surface area contributed by atoms with E-state index in [1.165, 1.54) is 24.1 Å². The van der Waals surface area contributed by atoms with E-state index in [2.05, 4.69) is 12.2 Å². The minimum absolute atomic E-state index is 0.108. The molecule has 0 aliphatic heterocycles. The third-order valence-corrected chi connectivity index (χ3v) is 4.39. The van der Waals surface area contributed by atoms with Crippen LogP contribution in [-0.2, 0) is 0 Å². The Kier molecular flexibility index (Phi) is 3.64. The van der Waals surface area contributed by atoms with E-state index in [1.807, 2.05) is 19.1 Å². The first-order valence-electron chi connectivity index (χ1n) is 6.04. The Hall–Kier alpha value is -0.830. The van der Waals surface area contributed by atoms with Crippen molar-refractivity contribution >= 4 is 17.2 Å². The van der Waals surface area contributed by atoms with Gasteiger partial charge in [0.15, 0.2) is 0 Å². The third-order valence-electron chi connectivity index (χ3n) is 3.39. The van der Waals surface area contributed by atoms with Crippen LogP contribution in [-0.4, -0.2) is 11.9 Å². The molecule has 0 radical (unpaired) electrons. The Labute approximate surface area is 101 Å². The first-order valence-corrected chi connectivity index (χ1v) is 6.86. The second-order valence-electron chi connectivity index (χ2n) is 4.75. The summed E-state index contributed by atoms with van der Waals surface area (Å²) in [6.07, 6.45) is 4.94. The summed E-state index contributed by atoms with van der Waals surface area (Å²) < 4.78 is 0. The molecule has 2 nitrogen and oxygen atoms in total. The summed E-state index contributed by atoms with van der Waals surface area (Å²) in [7, 11) is 0. The predicted molar refractivity (Wildman–Crippen MR) is 67.9 cm³/mol. The quantitative estimate of drug-likeness (QED) is 0.839. The molecular formula is C13H19NOS. The van der Waals surface area contributed by atoms with Gasteiger partial charge in [-0.25, -0.2) is 0 Å². The molecule has 1 amide bonds. The zero-order chi connectivity index (χ0) is 11.5. The fraction of sp³-hybridized carbons (Fsp3) is 0.615. The summed E-state index contributed by atoms with van der Waals surface area (Å²) in [6, 6.07) is 4.30. The predicted octanol–water partition coefficient (Wildman–Crippen LogP) is 3.37. The van der Waals surface area contributed by atoms with Crippen molar-refractivity contribution in [1.29, 1.82) is 0 Å². The number of nitrogens with one attached hydrogen (secondary N) is 1. The molecule has 1 aliphatic carbocycles. The lowest BCUT2D eigenvalue weighted by Gasteiger charge is -2.29. The van der Waals surface area contributed by atoms with Gasteiger partial charge in [0.2, 0.25) is 0 Å². The maximum absolute atomic E-state index is 12.0. The van der Waals surface area contributed by atoms with Crippen LogP contribution in [0, 0.1) is 12.8 Å². The van der Waals surface area contributed by atoms with E-state index in [9.17, 15) is 4.79 Å². The van der Waals surface area contributed by atoms with Crippen molar-refractivity contribution in [2.75, 3.05) is 0 Å². The molecule has 2 unspecified atom stereocenters. The molecule has 3 heteroatoms. The van der Waals surface area contributed by atoms with Gasteiger partial charge in [-0.15, -0.1) is 11.3 Å². The molecule has 1 heterocycles. The third kappa shape index (κ3) is 2.64. The molecule has 1 aromatic rings. The summed E-state index contributed by atoms with van der Waals surface area (Å²) >= 11 is 1.57. The molecular weight excluding hydrogens is 218 g/mol. The van der Waals surface area contributed by atoms with Crippen molar-refractivity contribution in [3.63, 3.8) is 0 Å². The summed E-state index contributed by atoms with van der Waals surface area (Å²) in [4.78, 5) is 14.0. The maximum Gasteiger partial charge on any atom is 0.261 e. The highest BCUT2D eigenvalue weighted by atomic mass is 32.1. The lowest BCUT2D eigenvalue weighted by atomic mass is 9.86. The molecule has 88 valence electrons. The zero-order valence-electron chi connectivity index (χ0n) is 9.95. The molecule has 2 rings (SSSR count). The first-order chi connectivity index (χ1) is 7.66. The van der Waals surface area contributed by atoms with Crippen molar-refractivity contribution in [3.05, 3.63) is 21.9 Å². The second kappa shape index (κ2) is 5.00. The van der Waals surface area contributed by atoms with Gasteiger partial charge in [0, 0.05) is 10.9 Å². The summed E-state index contributed by atoms with van der Waals surface area (Å²) in [5.41, 5.74) is 0. The van der Waals surface area contributed by atoms with Crippen LogP contribution in [0.5, 0.6) is 0 Å². The molecule has 0 aromatic carbocycles. The molecule has 0 saturated heterocycles. The Morgan fingerprint density at radius 2 is 2.12 bits per heavy atom. The van der Waals surface area contributed by atoms with Crippen LogP contribution in [0.2, 0.25) is 0 Å². The molecule has 16 heavy (non-hydrogen) atoms. The Bertz CT molecular complexity index is 372. The van der Waals surface area contributed by atoms with Crippen molar-refractivity contribution in [2.24, 2.45) is 5.92 Å². The van der Waals surface area contributed by atoms with Gasteiger partial charge in [-0.05, 0) is 37.8 Å². The largest absolute Gasteiger partial charge is 0.348 e. The highest BCUT2D eigenvalue weighted by Crippen LogP contribution is 2.24. The van der Waals surface area contributed by atoms with Crippen LogP contribution in [0.25, 0.3) is 0 Å². The van der Waals surface area contributed by atoms with Gasteiger partial charge < -0.3 is 5.32 Å². The number of rotatable bonds is 2. The van der Waals surface area contributed by atoms with Gasteiger partial charge in [0.05, 0.1) is 4.88 Å². The summed E-state index contributed by atoms with van der Waals surface area (Å²) in [5, 5.41) is 3.17. The van der Waals surface area contributed by atoms with Crippen molar-refractivity contribution < 1.29 is 4.79 Å². The maximum atomic E-state index is 12.0. The Balaban J connectivity index is 1.96. The second-order valence-corrected chi connectivity index (χ2v) is 6.04. The standard InChI is InChI=1S/C13H19NOS/c1-9-5-3-4-6-11(9)14-13(15)12-8-7-10(2)16-12/h7-9,11H,3-6H2,1-2H3,(H,14,15). The number of hydrogen-bond acceptors (Lipinski definition) is 2. The van der Waals surface area contributed by atoms with E-state index < -0.39 is 0 Å². The van der Waals surface area contributed by atoms with E-state index >= 15 is 0 Å². The van der Waals surface area contributed by atoms with Crippen LogP contribution in [0.1, 0.15) is 47.2 Å². The fourth-order valence-corrected chi connectivity index (χ4v) is 3.10. The van der Waals surface area contributed by atoms with Crippen LogP contribution in [0.3, 0.4) is 0 Å². The average Bonchev–Trinajstić information content (AvgIpc) is 2.68. The zero-order valence-corrected chi connectivity index (χ0v) is 10.8. The van der Waals surface area contributed by atoms with Gasteiger partial charge in [0.25, 0.3) is 5.91 Å². The topological polar surface area (TPSA) is 29.1 Å². The molecule has 1 aromatic heterocycles. The average molecular weight is 237 g/mol. The number of carbonyl (C=O) groups excluding carboxylic acids is 1. The normalized spacial score (nSPS) is 25.4. The molecule has 0 bridgehead atoms. The number of thiophene rings is 1. The molecule has 1 N–H and O–H groups in total. The minimum atomic E-state index is 0.108. The highest BCUT2D eigenvalue weighted by molar-refractivity contribution is 7.13. The van der Waals surface area contributed by atoms with E-state index in [4.69, 9.17) is 0 Å². The Morgan fingerprint density at radius 1 is 1.38 bits per heavy atom. The molecule has 0 spiro atoms. The van der Waals surface area contributed by atoms with Crippen molar-refractivity contribution in [2.45, 2.75) is 45.6 Å². The Morgan fingerprint density at radius 3 is 2.75 bits per heavy atom.